The van der Waals surface area contributed by atoms with E-state index in [1.54, 1.807) is 0 Å². The molecule has 0 fully saturated rings. The van der Waals surface area contributed by atoms with E-state index < -0.39 is 12.3 Å². The van der Waals surface area contributed by atoms with Crippen molar-refractivity contribution in [3.05, 3.63) is 16.7 Å². The Bertz CT molecular complexity index is 499. The highest BCUT2D eigenvalue weighted by atomic mass is 16.3. The summed E-state index contributed by atoms with van der Waals surface area (Å²) >= 11 is 0. The molecule has 0 saturated heterocycles. The van der Waals surface area contributed by atoms with Crippen LogP contribution in [-0.4, -0.2) is 24.6 Å². The van der Waals surface area contributed by atoms with Crippen molar-refractivity contribution in [1.29, 1.82) is 0 Å². The van der Waals surface area contributed by atoms with E-state index in [1.807, 2.05) is 0 Å². The summed E-state index contributed by atoms with van der Waals surface area (Å²) in [5.74, 6) is -0.0490. The quantitative estimate of drug-likeness (QED) is 0.504. The zero-order valence-corrected chi connectivity index (χ0v) is 6.56. The summed E-state index contributed by atoms with van der Waals surface area (Å²) < 4.78 is 0.945. The SMILES string of the molecule is Nc1nc2nc[nH]c2c(=O)n1CO. The molecule has 0 aliphatic carbocycles. The molecule has 2 heterocycles. The maximum atomic E-state index is 11.5. The molecule has 0 aliphatic heterocycles. The maximum absolute atomic E-state index is 11.5. The van der Waals surface area contributed by atoms with E-state index in [2.05, 4.69) is 15.0 Å². The number of H-pyrrole nitrogens is 1. The van der Waals surface area contributed by atoms with E-state index >= 15 is 0 Å². The smallest absolute Gasteiger partial charge is 0.282 e. The minimum absolute atomic E-state index is 0.0490. The largest absolute Gasteiger partial charge is 0.376 e. The van der Waals surface area contributed by atoms with Gasteiger partial charge in [0, 0.05) is 0 Å². The third-order valence-corrected chi connectivity index (χ3v) is 1.72. The fourth-order valence-corrected chi connectivity index (χ4v) is 1.07. The van der Waals surface area contributed by atoms with E-state index in [1.165, 1.54) is 6.33 Å². The maximum Gasteiger partial charge on any atom is 0.282 e. The van der Waals surface area contributed by atoms with E-state index in [4.69, 9.17) is 10.8 Å². The fraction of sp³-hybridized carbons (Fsp3) is 0.167. The van der Waals surface area contributed by atoms with Gasteiger partial charge >= 0.3 is 0 Å². The first kappa shape index (κ1) is 7.74. The highest BCUT2D eigenvalue weighted by Crippen LogP contribution is 2.02. The van der Waals surface area contributed by atoms with Gasteiger partial charge in [-0.25, -0.2) is 4.98 Å². The van der Waals surface area contributed by atoms with Crippen molar-refractivity contribution < 1.29 is 5.11 Å². The summed E-state index contributed by atoms with van der Waals surface area (Å²) in [6.45, 7) is -0.493. The van der Waals surface area contributed by atoms with Gasteiger partial charge in [-0.05, 0) is 0 Å². The summed E-state index contributed by atoms with van der Waals surface area (Å²) in [7, 11) is 0. The average Bonchev–Trinajstić information content (AvgIpc) is 2.53. The van der Waals surface area contributed by atoms with Crippen LogP contribution < -0.4 is 11.3 Å². The molecule has 7 heteroatoms. The molecule has 0 bridgehead atoms. The van der Waals surface area contributed by atoms with Gasteiger partial charge in [-0.15, -0.1) is 0 Å². The monoisotopic (exact) mass is 181 g/mol. The second kappa shape index (κ2) is 2.56. The van der Waals surface area contributed by atoms with Crippen molar-refractivity contribution in [3.8, 4) is 0 Å². The van der Waals surface area contributed by atoms with E-state index in [-0.39, 0.29) is 17.1 Å². The van der Waals surface area contributed by atoms with Gasteiger partial charge in [0.15, 0.2) is 11.2 Å². The number of aliphatic hydroxyl groups excluding tert-OH is 1. The first-order valence-corrected chi connectivity index (χ1v) is 3.54. The van der Waals surface area contributed by atoms with Gasteiger partial charge in [-0.3, -0.25) is 9.36 Å². The first-order chi connectivity index (χ1) is 6.24. The second-order valence-corrected chi connectivity index (χ2v) is 2.45. The van der Waals surface area contributed by atoms with Gasteiger partial charge in [-0.1, -0.05) is 0 Å². The van der Waals surface area contributed by atoms with E-state index in [9.17, 15) is 4.79 Å². The number of nitrogens with two attached hydrogens (primary N) is 1. The molecule has 0 aliphatic rings. The van der Waals surface area contributed by atoms with Crippen LogP contribution in [0.2, 0.25) is 0 Å². The number of aliphatic hydroxyl groups is 1. The Balaban J connectivity index is 2.93. The lowest BCUT2D eigenvalue weighted by Gasteiger charge is -2.02. The van der Waals surface area contributed by atoms with E-state index in [0.717, 1.165) is 4.57 Å². The Morgan fingerprint density at radius 1 is 1.69 bits per heavy atom. The third kappa shape index (κ3) is 0.975. The van der Waals surface area contributed by atoms with Crippen LogP contribution in [0.15, 0.2) is 11.1 Å². The number of nitrogens with one attached hydrogen (secondary N) is 1. The normalized spacial score (nSPS) is 10.8. The van der Waals surface area contributed by atoms with Crippen LogP contribution in [0.3, 0.4) is 0 Å². The van der Waals surface area contributed by atoms with E-state index in [0.29, 0.717) is 0 Å². The van der Waals surface area contributed by atoms with Crippen LogP contribution in [0.25, 0.3) is 11.2 Å². The number of aromatic nitrogens is 4. The Kier molecular flexibility index (Phi) is 1.52. The number of imidazole rings is 1. The molecular weight excluding hydrogens is 174 g/mol. The number of anilines is 1. The van der Waals surface area contributed by atoms with Crippen molar-refractivity contribution in [1.82, 2.24) is 19.5 Å². The van der Waals surface area contributed by atoms with Gasteiger partial charge in [0.1, 0.15) is 6.73 Å². The third-order valence-electron chi connectivity index (χ3n) is 1.72. The highest BCUT2D eigenvalue weighted by molar-refractivity contribution is 5.69. The molecule has 0 atom stereocenters. The van der Waals surface area contributed by atoms with Crippen LogP contribution in [-0.2, 0) is 6.73 Å². The summed E-state index contributed by atoms with van der Waals surface area (Å²) in [4.78, 5) is 21.6. The molecule has 13 heavy (non-hydrogen) atoms. The summed E-state index contributed by atoms with van der Waals surface area (Å²) in [6.07, 6.45) is 1.35. The lowest BCUT2D eigenvalue weighted by molar-refractivity contribution is 0.208. The van der Waals surface area contributed by atoms with Crippen molar-refractivity contribution in [2.45, 2.75) is 6.73 Å². The van der Waals surface area contributed by atoms with Crippen LogP contribution in [0.1, 0.15) is 0 Å². The zero-order valence-electron chi connectivity index (χ0n) is 6.56. The minimum Gasteiger partial charge on any atom is -0.376 e. The van der Waals surface area contributed by atoms with Crippen LogP contribution in [0.4, 0.5) is 5.95 Å². The summed E-state index contributed by atoms with van der Waals surface area (Å²) in [5, 5.41) is 8.80. The molecule has 0 spiro atoms. The predicted octanol–water partition coefficient (Wildman–Crippen LogP) is -1.35. The van der Waals surface area contributed by atoms with Crippen molar-refractivity contribution in [3.63, 3.8) is 0 Å². The predicted molar refractivity (Wildman–Crippen MR) is 44.8 cm³/mol. The molecule has 2 aromatic rings. The Morgan fingerprint density at radius 3 is 3.15 bits per heavy atom. The molecule has 0 saturated carbocycles. The Morgan fingerprint density at radius 2 is 2.46 bits per heavy atom. The van der Waals surface area contributed by atoms with Crippen molar-refractivity contribution in [2.24, 2.45) is 0 Å². The molecule has 2 rings (SSSR count). The highest BCUT2D eigenvalue weighted by Gasteiger charge is 2.08. The Labute approximate surface area is 71.9 Å². The first-order valence-electron chi connectivity index (χ1n) is 3.54. The number of nitrogen functional groups attached to an aromatic ring is 1. The van der Waals surface area contributed by atoms with Crippen molar-refractivity contribution >= 4 is 17.1 Å². The number of hydrogen-bond donors (Lipinski definition) is 3. The lowest BCUT2D eigenvalue weighted by atomic mass is 10.5. The molecule has 0 aromatic carbocycles. The van der Waals surface area contributed by atoms with Gasteiger partial charge < -0.3 is 15.8 Å². The molecule has 4 N–H and O–H groups in total. The number of hydrogen-bond acceptors (Lipinski definition) is 5. The van der Waals surface area contributed by atoms with Gasteiger partial charge in [-0.2, -0.15) is 4.98 Å². The van der Waals surface area contributed by atoms with Gasteiger partial charge in [0.05, 0.1) is 6.33 Å². The molecular formula is C6H7N5O2. The zero-order chi connectivity index (χ0) is 9.42. The molecule has 0 unspecified atom stereocenters. The molecule has 0 radical (unpaired) electrons. The van der Waals surface area contributed by atoms with Crippen molar-refractivity contribution in [2.75, 3.05) is 5.73 Å². The van der Waals surface area contributed by atoms with Gasteiger partial charge in [0.2, 0.25) is 5.95 Å². The number of rotatable bonds is 1. The number of nitrogens with zero attached hydrogens (tertiary/aromatic N) is 3. The fourth-order valence-electron chi connectivity index (χ4n) is 1.07. The molecule has 68 valence electrons. The van der Waals surface area contributed by atoms with Crippen LogP contribution in [0, 0.1) is 0 Å². The molecule has 0 amide bonds. The molecule has 2 aromatic heterocycles. The lowest BCUT2D eigenvalue weighted by Crippen LogP contribution is -2.24. The summed E-state index contributed by atoms with van der Waals surface area (Å²) in [5.41, 5.74) is 5.46. The van der Waals surface area contributed by atoms with Crippen LogP contribution >= 0.6 is 0 Å². The standard InChI is InChI=1S/C6H7N5O2/c7-6-10-4-3(8-1-9-4)5(13)11(6)2-12/h1,12H,2H2,(H2,7,10)(H,8,9). The van der Waals surface area contributed by atoms with Gasteiger partial charge in [0.25, 0.3) is 5.56 Å². The Hall–Kier alpha value is -1.89. The number of fused-ring (bicyclic) bond motifs is 1. The number of aromatic amines is 1. The summed E-state index contributed by atoms with van der Waals surface area (Å²) in [6, 6.07) is 0. The van der Waals surface area contributed by atoms with Crippen LogP contribution in [0.5, 0.6) is 0 Å². The average molecular weight is 181 g/mol. The molecule has 7 nitrogen and oxygen atoms in total. The second-order valence-electron chi connectivity index (χ2n) is 2.45. The minimum atomic E-state index is -0.493. The topological polar surface area (TPSA) is 110 Å².